The molecule has 0 saturated heterocycles. The molecule has 3 aromatic rings. The third-order valence-corrected chi connectivity index (χ3v) is 3.14. The molecule has 0 spiro atoms. The molecule has 0 unspecified atom stereocenters. The molecular weight excluding hydrogens is 232 g/mol. The van der Waals surface area contributed by atoms with Crippen molar-refractivity contribution in [1.29, 1.82) is 0 Å². The van der Waals surface area contributed by atoms with E-state index in [2.05, 4.69) is 47.2 Å². The van der Waals surface area contributed by atoms with Gasteiger partial charge in [0.1, 0.15) is 0 Å². The Morgan fingerprint density at radius 2 is 1.53 bits per heavy atom. The van der Waals surface area contributed by atoms with Crippen molar-refractivity contribution in [1.82, 2.24) is 9.97 Å². The second kappa shape index (κ2) is 5.02. The molecule has 0 bridgehead atoms. The summed E-state index contributed by atoms with van der Waals surface area (Å²) in [5, 5.41) is 0. The third kappa shape index (κ3) is 2.38. The van der Waals surface area contributed by atoms with Gasteiger partial charge in [-0.2, -0.15) is 0 Å². The maximum absolute atomic E-state index is 4.40. The predicted octanol–water partition coefficient (Wildman–Crippen LogP) is 4.12. The Balaban J connectivity index is 2.09. The molecular formula is C17H14N2. The Bertz CT molecular complexity index is 690. The largest absolute Gasteiger partial charge is 0.255 e. The molecule has 0 amide bonds. The summed E-state index contributed by atoms with van der Waals surface area (Å²) < 4.78 is 0. The molecule has 3 rings (SSSR count). The first-order chi connectivity index (χ1) is 9.34. The van der Waals surface area contributed by atoms with Crippen LogP contribution in [0.1, 0.15) is 5.56 Å². The molecule has 2 aromatic heterocycles. The summed E-state index contributed by atoms with van der Waals surface area (Å²) in [6, 6.07) is 18.4. The summed E-state index contributed by atoms with van der Waals surface area (Å²) in [6.45, 7) is 2.12. The first-order valence-corrected chi connectivity index (χ1v) is 6.28. The minimum Gasteiger partial charge on any atom is -0.255 e. The lowest BCUT2D eigenvalue weighted by atomic mass is 10.0. The molecule has 2 heteroatoms. The number of rotatable bonds is 2. The van der Waals surface area contributed by atoms with E-state index in [0.717, 1.165) is 11.4 Å². The van der Waals surface area contributed by atoms with E-state index in [0.29, 0.717) is 0 Å². The van der Waals surface area contributed by atoms with Crippen molar-refractivity contribution < 1.29 is 0 Å². The van der Waals surface area contributed by atoms with Crippen molar-refractivity contribution in [3.63, 3.8) is 0 Å². The van der Waals surface area contributed by atoms with Crippen LogP contribution in [-0.2, 0) is 0 Å². The van der Waals surface area contributed by atoms with Gasteiger partial charge in [-0.1, -0.05) is 30.3 Å². The van der Waals surface area contributed by atoms with Crippen LogP contribution in [0.25, 0.3) is 22.5 Å². The molecule has 0 N–H and O–H groups in total. The fourth-order valence-electron chi connectivity index (χ4n) is 2.15. The van der Waals surface area contributed by atoms with Crippen LogP contribution >= 0.6 is 0 Å². The first kappa shape index (κ1) is 11.6. The number of aryl methyl sites for hydroxylation is 1. The van der Waals surface area contributed by atoms with Gasteiger partial charge in [0.25, 0.3) is 0 Å². The van der Waals surface area contributed by atoms with Crippen LogP contribution in [0.3, 0.4) is 0 Å². The summed E-state index contributed by atoms with van der Waals surface area (Å²) in [6.07, 6.45) is 3.63. The molecule has 92 valence electrons. The SMILES string of the molecule is Cc1ccccc1-c1ccnc(-c2ccccn2)c1. The maximum atomic E-state index is 4.40. The highest BCUT2D eigenvalue weighted by Gasteiger charge is 2.04. The van der Waals surface area contributed by atoms with Crippen LogP contribution in [0.4, 0.5) is 0 Å². The summed E-state index contributed by atoms with van der Waals surface area (Å²) >= 11 is 0. The van der Waals surface area contributed by atoms with Crippen molar-refractivity contribution in [3.8, 4) is 22.5 Å². The van der Waals surface area contributed by atoms with Gasteiger partial charge in [0.05, 0.1) is 11.4 Å². The minimum absolute atomic E-state index is 0.901. The lowest BCUT2D eigenvalue weighted by Crippen LogP contribution is -1.88. The molecule has 0 aliphatic heterocycles. The quantitative estimate of drug-likeness (QED) is 0.679. The second-order valence-electron chi connectivity index (χ2n) is 4.46. The average molecular weight is 246 g/mol. The van der Waals surface area contributed by atoms with E-state index >= 15 is 0 Å². The molecule has 1 aromatic carbocycles. The molecule has 0 aliphatic rings. The Morgan fingerprint density at radius 3 is 2.32 bits per heavy atom. The number of hydrogen-bond acceptors (Lipinski definition) is 2. The van der Waals surface area contributed by atoms with Gasteiger partial charge in [-0.15, -0.1) is 0 Å². The van der Waals surface area contributed by atoms with E-state index in [-0.39, 0.29) is 0 Å². The fourth-order valence-corrected chi connectivity index (χ4v) is 2.15. The van der Waals surface area contributed by atoms with Crippen molar-refractivity contribution >= 4 is 0 Å². The van der Waals surface area contributed by atoms with Crippen molar-refractivity contribution in [2.45, 2.75) is 6.92 Å². The fraction of sp³-hybridized carbons (Fsp3) is 0.0588. The molecule has 0 radical (unpaired) electrons. The van der Waals surface area contributed by atoms with Gasteiger partial charge in [0.15, 0.2) is 0 Å². The molecule has 0 fully saturated rings. The van der Waals surface area contributed by atoms with Crippen LogP contribution < -0.4 is 0 Å². The van der Waals surface area contributed by atoms with E-state index in [1.807, 2.05) is 30.5 Å². The van der Waals surface area contributed by atoms with Gasteiger partial charge in [-0.25, -0.2) is 0 Å². The van der Waals surface area contributed by atoms with Crippen LogP contribution in [0.5, 0.6) is 0 Å². The first-order valence-electron chi connectivity index (χ1n) is 6.28. The summed E-state index contributed by atoms with van der Waals surface area (Å²) in [4.78, 5) is 8.75. The minimum atomic E-state index is 0.901. The topological polar surface area (TPSA) is 25.8 Å². The lowest BCUT2D eigenvalue weighted by molar-refractivity contribution is 1.25. The second-order valence-corrected chi connectivity index (χ2v) is 4.46. The number of hydrogen-bond donors (Lipinski definition) is 0. The third-order valence-electron chi connectivity index (χ3n) is 3.14. The van der Waals surface area contributed by atoms with Gasteiger partial charge in [0, 0.05) is 12.4 Å². The highest BCUT2D eigenvalue weighted by Crippen LogP contribution is 2.25. The number of aromatic nitrogens is 2. The summed E-state index contributed by atoms with van der Waals surface area (Å²) in [7, 11) is 0. The Labute approximate surface area is 112 Å². The van der Waals surface area contributed by atoms with E-state index in [4.69, 9.17) is 0 Å². The van der Waals surface area contributed by atoms with Crippen molar-refractivity contribution in [2.24, 2.45) is 0 Å². The van der Waals surface area contributed by atoms with E-state index in [9.17, 15) is 0 Å². The zero-order valence-electron chi connectivity index (χ0n) is 10.7. The lowest BCUT2D eigenvalue weighted by Gasteiger charge is -2.07. The smallest absolute Gasteiger partial charge is 0.0892 e. The van der Waals surface area contributed by atoms with Crippen LogP contribution in [0.2, 0.25) is 0 Å². The van der Waals surface area contributed by atoms with Crippen molar-refractivity contribution in [3.05, 3.63) is 72.6 Å². The van der Waals surface area contributed by atoms with Gasteiger partial charge < -0.3 is 0 Å². The predicted molar refractivity (Wildman–Crippen MR) is 77.6 cm³/mol. The van der Waals surface area contributed by atoms with E-state index in [1.54, 1.807) is 6.20 Å². The highest BCUT2D eigenvalue weighted by atomic mass is 14.8. The van der Waals surface area contributed by atoms with Gasteiger partial charge in [-0.3, -0.25) is 9.97 Å². The summed E-state index contributed by atoms with van der Waals surface area (Å²) in [5.41, 5.74) is 5.48. The van der Waals surface area contributed by atoms with Gasteiger partial charge in [0.2, 0.25) is 0 Å². The molecule has 0 aliphatic carbocycles. The Morgan fingerprint density at radius 1 is 0.737 bits per heavy atom. The molecule has 19 heavy (non-hydrogen) atoms. The van der Waals surface area contributed by atoms with Crippen LogP contribution in [0, 0.1) is 6.92 Å². The van der Waals surface area contributed by atoms with E-state index in [1.165, 1.54) is 16.7 Å². The van der Waals surface area contributed by atoms with Gasteiger partial charge in [-0.05, 0) is 47.9 Å². The normalized spacial score (nSPS) is 10.4. The van der Waals surface area contributed by atoms with Crippen molar-refractivity contribution in [2.75, 3.05) is 0 Å². The Hall–Kier alpha value is -2.48. The van der Waals surface area contributed by atoms with E-state index < -0.39 is 0 Å². The number of pyridine rings is 2. The monoisotopic (exact) mass is 246 g/mol. The Kier molecular flexibility index (Phi) is 3.07. The summed E-state index contributed by atoms with van der Waals surface area (Å²) in [5.74, 6) is 0. The van der Waals surface area contributed by atoms with Crippen LogP contribution in [-0.4, -0.2) is 9.97 Å². The van der Waals surface area contributed by atoms with Gasteiger partial charge >= 0.3 is 0 Å². The molecule has 0 atom stereocenters. The number of nitrogens with zero attached hydrogens (tertiary/aromatic N) is 2. The molecule has 2 nitrogen and oxygen atoms in total. The maximum Gasteiger partial charge on any atom is 0.0892 e. The average Bonchev–Trinajstić information content (AvgIpc) is 2.49. The number of benzene rings is 1. The van der Waals surface area contributed by atoms with Crippen LogP contribution in [0.15, 0.2) is 67.0 Å². The highest BCUT2D eigenvalue weighted by molar-refractivity contribution is 5.71. The molecule has 2 heterocycles. The zero-order valence-corrected chi connectivity index (χ0v) is 10.7. The molecule has 0 saturated carbocycles. The zero-order chi connectivity index (χ0) is 13.1. The standard InChI is InChI=1S/C17H14N2/c1-13-6-2-3-7-15(13)14-9-11-19-17(12-14)16-8-4-5-10-18-16/h2-12H,1H3.